The molecule has 1 aromatic carbocycles. The number of para-hydroxylation sites is 1. The fraction of sp³-hybridized carbons (Fsp3) is 0.500. The van der Waals surface area contributed by atoms with Crippen molar-refractivity contribution >= 4 is 5.91 Å². The summed E-state index contributed by atoms with van der Waals surface area (Å²) in [5.41, 5.74) is 8.43. The molecule has 2 aromatic rings. The smallest absolute Gasteiger partial charge is 0.223 e. The number of aromatic nitrogens is 2. The molecule has 1 amide bonds. The molecule has 5 nitrogen and oxygen atoms in total. The number of benzene rings is 1. The third-order valence-electron chi connectivity index (χ3n) is 5.98. The summed E-state index contributed by atoms with van der Waals surface area (Å²) in [5.74, 6) is 1.35. The summed E-state index contributed by atoms with van der Waals surface area (Å²) < 4.78 is 1.84. The molecule has 2 aliphatic carbocycles. The van der Waals surface area contributed by atoms with E-state index in [1.54, 1.807) is 6.20 Å². The van der Waals surface area contributed by atoms with E-state index in [4.69, 9.17) is 5.73 Å². The Balaban J connectivity index is 1.42. The molecule has 2 bridgehead atoms. The number of amides is 1. The van der Waals surface area contributed by atoms with Crippen molar-refractivity contribution in [3.63, 3.8) is 0 Å². The third-order valence-corrected chi connectivity index (χ3v) is 5.98. The van der Waals surface area contributed by atoms with Crippen LogP contribution >= 0.6 is 0 Å². The van der Waals surface area contributed by atoms with Crippen LogP contribution in [0.3, 0.4) is 0 Å². The summed E-state index contributed by atoms with van der Waals surface area (Å²) in [5, 5.41) is 7.46. The van der Waals surface area contributed by atoms with Crippen molar-refractivity contribution in [1.82, 2.24) is 15.1 Å². The average Bonchev–Trinajstić information content (AvgIpc) is 3.14. The van der Waals surface area contributed by atoms with Crippen molar-refractivity contribution in [3.8, 4) is 5.69 Å². The van der Waals surface area contributed by atoms with Crippen molar-refractivity contribution < 1.29 is 4.79 Å². The lowest BCUT2D eigenvalue weighted by molar-refractivity contribution is -0.128. The van der Waals surface area contributed by atoms with Gasteiger partial charge in [-0.2, -0.15) is 5.10 Å². The highest BCUT2D eigenvalue weighted by Gasteiger charge is 2.40. The predicted octanol–water partition coefficient (Wildman–Crippen LogP) is 2.64. The summed E-state index contributed by atoms with van der Waals surface area (Å²) in [6, 6.07) is 10.3. The van der Waals surface area contributed by atoms with Crippen molar-refractivity contribution in [2.24, 2.45) is 23.5 Å². The second-order valence-electron chi connectivity index (χ2n) is 7.49. The molecule has 0 aliphatic heterocycles. The Morgan fingerprint density at radius 2 is 1.96 bits per heavy atom. The Kier molecular flexibility index (Phi) is 4.57. The van der Waals surface area contributed by atoms with Crippen LogP contribution in [0.5, 0.6) is 0 Å². The second kappa shape index (κ2) is 7.00. The molecule has 1 heterocycles. The molecule has 2 aliphatic rings. The Hall–Kier alpha value is -2.14. The molecule has 132 valence electrons. The maximum absolute atomic E-state index is 12.7. The highest BCUT2D eigenvalue weighted by Crippen LogP contribution is 2.41. The van der Waals surface area contributed by atoms with E-state index in [-0.39, 0.29) is 11.8 Å². The maximum Gasteiger partial charge on any atom is 0.223 e. The first-order valence-electron chi connectivity index (χ1n) is 9.33. The zero-order valence-corrected chi connectivity index (χ0v) is 14.5. The number of carbonyl (C=O) groups excluding carboxylic acids is 1. The van der Waals surface area contributed by atoms with Crippen molar-refractivity contribution in [1.29, 1.82) is 0 Å². The van der Waals surface area contributed by atoms with Crippen molar-refractivity contribution in [2.45, 2.75) is 44.7 Å². The number of nitrogens with one attached hydrogen (secondary N) is 1. The molecule has 2 fully saturated rings. The normalized spacial score (nSPS) is 28.5. The van der Waals surface area contributed by atoms with E-state index in [1.807, 2.05) is 41.2 Å². The minimum absolute atomic E-state index is 0.118. The average molecular weight is 338 g/mol. The molecule has 2 unspecified atom stereocenters. The molecule has 0 saturated heterocycles. The van der Waals surface area contributed by atoms with Crippen LogP contribution in [0.4, 0.5) is 0 Å². The highest BCUT2D eigenvalue weighted by atomic mass is 16.1. The summed E-state index contributed by atoms with van der Waals surface area (Å²) in [4.78, 5) is 12.7. The topological polar surface area (TPSA) is 72.9 Å². The van der Waals surface area contributed by atoms with Gasteiger partial charge in [0.2, 0.25) is 5.91 Å². The molecular formula is C20H26N4O. The third kappa shape index (κ3) is 3.33. The monoisotopic (exact) mass is 338 g/mol. The zero-order valence-electron chi connectivity index (χ0n) is 14.5. The molecule has 4 rings (SSSR count). The Labute approximate surface area is 148 Å². The number of hydrogen-bond donors (Lipinski definition) is 2. The first-order valence-corrected chi connectivity index (χ1v) is 9.33. The van der Waals surface area contributed by atoms with Gasteiger partial charge in [-0.1, -0.05) is 24.6 Å². The van der Waals surface area contributed by atoms with Gasteiger partial charge in [-0.05, 0) is 55.2 Å². The minimum atomic E-state index is 0.118. The molecule has 3 N–H and O–H groups in total. The summed E-state index contributed by atoms with van der Waals surface area (Å²) in [6.07, 6.45) is 9.22. The van der Waals surface area contributed by atoms with Crippen LogP contribution in [-0.2, 0) is 11.3 Å². The van der Waals surface area contributed by atoms with E-state index < -0.39 is 0 Å². The molecule has 0 spiro atoms. The van der Waals surface area contributed by atoms with Crippen LogP contribution in [0.15, 0.2) is 42.7 Å². The molecule has 25 heavy (non-hydrogen) atoms. The standard InChI is InChI=1S/C20H26N4O/c21-19-14-6-3-7-15(19)12-17(11-14)20(25)22-13-16-5-1-2-8-18(16)24-10-4-9-23-24/h1-2,4-5,8-10,14-15,17,19H,3,6-7,11-13,21H2,(H,22,25). The first kappa shape index (κ1) is 16.3. The molecule has 0 radical (unpaired) electrons. The van der Waals surface area contributed by atoms with Gasteiger partial charge >= 0.3 is 0 Å². The Bertz CT molecular complexity index is 713. The minimum Gasteiger partial charge on any atom is -0.352 e. The number of fused-ring (bicyclic) bond motifs is 2. The van der Waals surface area contributed by atoms with Gasteiger partial charge in [-0.25, -0.2) is 4.68 Å². The molecule has 2 atom stereocenters. The second-order valence-corrected chi connectivity index (χ2v) is 7.49. The van der Waals surface area contributed by atoms with E-state index in [9.17, 15) is 4.79 Å². The van der Waals surface area contributed by atoms with Crippen molar-refractivity contribution in [2.75, 3.05) is 0 Å². The molecule has 1 aromatic heterocycles. The summed E-state index contributed by atoms with van der Waals surface area (Å²) in [7, 11) is 0. The maximum atomic E-state index is 12.7. The van der Waals surface area contributed by atoms with Gasteiger partial charge in [0.05, 0.1) is 5.69 Å². The lowest BCUT2D eigenvalue weighted by Crippen LogP contribution is -2.49. The lowest BCUT2D eigenvalue weighted by Gasteiger charge is -2.43. The van der Waals surface area contributed by atoms with Gasteiger partial charge in [0.1, 0.15) is 0 Å². The Morgan fingerprint density at radius 1 is 1.20 bits per heavy atom. The van der Waals surface area contributed by atoms with Gasteiger partial charge in [-0.3, -0.25) is 4.79 Å². The molecular weight excluding hydrogens is 312 g/mol. The number of rotatable bonds is 4. The number of carbonyl (C=O) groups is 1. The Morgan fingerprint density at radius 3 is 2.68 bits per heavy atom. The van der Waals surface area contributed by atoms with E-state index in [0.717, 1.165) is 24.1 Å². The van der Waals surface area contributed by atoms with Crippen molar-refractivity contribution in [3.05, 3.63) is 48.3 Å². The fourth-order valence-corrected chi connectivity index (χ4v) is 4.63. The van der Waals surface area contributed by atoms with Gasteiger partial charge < -0.3 is 11.1 Å². The quantitative estimate of drug-likeness (QED) is 0.900. The predicted molar refractivity (Wildman–Crippen MR) is 96.9 cm³/mol. The number of nitrogens with two attached hydrogens (primary N) is 1. The SMILES string of the molecule is NC1C2CCCC1CC(C(=O)NCc1ccccc1-n1cccn1)C2. The van der Waals surface area contributed by atoms with Crippen LogP contribution in [0.25, 0.3) is 5.69 Å². The van der Waals surface area contributed by atoms with Crippen LogP contribution < -0.4 is 11.1 Å². The van der Waals surface area contributed by atoms with E-state index in [1.165, 1.54) is 19.3 Å². The van der Waals surface area contributed by atoms with E-state index in [0.29, 0.717) is 24.4 Å². The fourth-order valence-electron chi connectivity index (χ4n) is 4.63. The molecule has 5 heteroatoms. The van der Waals surface area contributed by atoms with Crippen LogP contribution in [0.2, 0.25) is 0 Å². The number of hydrogen-bond acceptors (Lipinski definition) is 3. The van der Waals surface area contributed by atoms with E-state index >= 15 is 0 Å². The van der Waals surface area contributed by atoms with Gasteiger partial charge in [0.25, 0.3) is 0 Å². The summed E-state index contributed by atoms with van der Waals surface area (Å²) in [6.45, 7) is 0.534. The lowest BCUT2D eigenvalue weighted by atomic mass is 9.65. The van der Waals surface area contributed by atoms with Crippen LogP contribution in [-0.4, -0.2) is 21.7 Å². The van der Waals surface area contributed by atoms with Gasteiger partial charge in [0, 0.05) is 30.9 Å². The summed E-state index contributed by atoms with van der Waals surface area (Å²) >= 11 is 0. The zero-order chi connectivity index (χ0) is 17.2. The van der Waals surface area contributed by atoms with E-state index in [2.05, 4.69) is 10.4 Å². The van der Waals surface area contributed by atoms with Crippen LogP contribution in [0.1, 0.15) is 37.7 Å². The molecule has 2 saturated carbocycles. The van der Waals surface area contributed by atoms with Gasteiger partial charge in [-0.15, -0.1) is 0 Å². The first-order chi connectivity index (χ1) is 12.2. The number of nitrogens with zero attached hydrogens (tertiary/aromatic N) is 2. The van der Waals surface area contributed by atoms with Gasteiger partial charge in [0.15, 0.2) is 0 Å². The largest absolute Gasteiger partial charge is 0.352 e. The highest BCUT2D eigenvalue weighted by molar-refractivity contribution is 5.79. The van der Waals surface area contributed by atoms with Crippen LogP contribution in [0, 0.1) is 17.8 Å².